The van der Waals surface area contributed by atoms with Crippen molar-refractivity contribution in [2.45, 2.75) is 44.3 Å². The Morgan fingerprint density at radius 3 is 2.46 bits per heavy atom. The molecule has 2 aromatic carbocycles. The first-order valence-electron chi connectivity index (χ1n) is 11.3. The molecule has 1 fully saturated rings. The van der Waals surface area contributed by atoms with Gasteiger partial charge in [0.15, 0.2) is 0 Å². The summed E-state index contributed by atoms with van der Waals surface area (Å²) in [4.78, 5) is 36.2. The van der Waals surface area contributed by atoms with Gasteiger partial charge < -0.3 is 15.2 Å². The van der Waals surface area contributed by atoms with E-state index in [4.69, 9.17) is 16.3 Å². The summed E-state index contributed by atoms with van der Waals surface area (Å²) in [6.07, 6.45) is 0.803. The number of amides is 1. The predicted molar refractivity (Wildman–Crippen MR) is 129 cm³/mol. The number of hydrogen-bond acceptors (Lipinski definition) is 6. The van der Waals surface area contributed by atoms with Crippen molar-refractivity contribution in [3.63, 3.8) is 0 Å². The maximum absolute atomic E-state index is 14.2. The second-order valence-corrected chi connectivity index (χ2v) is 9.13. The molecule has 1 aliphatic rings. The van der Waals surface area contributed by atoms with E-state index < -0.39 is 35.8 Å². The summed E-state index contributed by atoms with van der Waals surface area (Å²) in [5, 5.41) is 12.9. The van der Waals surface area contributed by atoms with Crippen LogP contribution in [0.2, 0.25) is 5.02 Å². The number of aliphatic carboxylic acids is 1. The number of carbonyl (C=O) groups excluding carboxylic acids is 2. The highest BCUT2D eigenvalue weighted by Crippen LogP contribution is 2.27. The largest absolute Gasteiger partial charge is 0.481 e. The van der Waals surface area contributed by atoms with Crippen LogP contribution in [0.3, 0.4) is 0 Å². The minimum Gasteiger partial charge on any atom is -0.481 e. The van der Waals surface area contributed by atoms with Crippen molar-refractivity contribution >= 4 is 29.3 Å². The number of halogens is 2. The summed E-state index contributed by atoms with van der Waals surface area (Å²) >= 11 is 6.00. The topological polar surface area (TPSA) is 117 Å². The number of rotatable bonds is 11. The molecule has 10 heteroatoms. The Morgan fingerprint density at radius 2 is 1.86 bits per heavy atom. The van der Waals surface area contributed by atoms with E-state index in [1.54, 1.807) is 18.2 Å². The predicted octanol–water partition coefficient (Wildman–Crippen LogP) is 2.73. The molecule has 1 heterocycles. The van der Waals surface area contributed by atoms with Gasteiger partial charge in [-0.1, -0.05) is 35.9 Å². The SMILES string of the molecule is COC[C@H](C[C@@H](Cc1ccc(-c2cc(Cl)ccc2F)cc1)NC(=O)C1CC(C(C)=O)NN1)C(=O)O. The zero-order valence-electron chi connectivity index (χ0n) is 19.5. The van der Waals surface area contributed by atoms with Gasteiger partial charge in [-0.25, -0.2) is 15.2 Å². The number of ketones is 1. The normalized spacial score (nSPS) is 19.2. The van der Waals surface area contributed by atoms with Gasteiger partial charge in [0.05, 0.1) is 18.6 Å². The number of hydrazine groups is 1. The van der Waals surface area contributed by atoms with E-state index in [-0.39, 0.29) is 24.7 Å². The molecule has 1 amide bonds. The molecule has 4 N–H and O–H groups in total. The zero-order valence-corrected chi connectivity index (χ0v) is 20.3. The highest BCUT2D eigenvalue weighted by atomic mass is 35.5. The van der Waals surface area contributed by atoms with Gasteiger partial charge in [0.1, 0.15) is 17.6 Å². The molecule has 0 saturated carbocycles. The summed E-state index contributed by atoms with van der Waals surface area (Å²) in [5.41, 5.74) is 7.49. The summed E-state index contributed by atoms with van der Waals surface area (Å²) in [6, 6.07) is 9.88. The van der Waals surface area contributed by atoms with E-state index in [0.29, 0.717) is 29.0 Å². The Morgan fingerprint density at radius 1 is 1.17 bits per heavy atom. The van der Waals surface area contributed by atoms with E-state index in [1.165, 1.54) is 26.2 Å². The lowest BCUT2D eigenvalue weighted by Gasteiger charge is -2.24. The fraction of sp³-hybridized carbons (Fsp3) is 0.400. The number of methoxy groups -OCH3 is 1. The minimum atomic E-state index is -1.02. The summed E-state index contributed by atoms with van der Waals surface area (Å²) < 4.78 is 19.3. The summed E-state index contributed by atoms with van der Waals surface area (Å²) in [6.45, 7) is 1.45. The molecular formula is C25H29ClFN3O5. The Kier molecular flexibility index (Phi) is 9.33. The van der Waals surface area contributed by atoms with Gasteiger partial charge in [-0.15, -0.1) is 0 Å². The van der Waals surface area contributed by atoms with Crippen LogP contribution in [0, 0.1) is 11.7 Å². The first kappa shape index (κ1) is 26.7. The standard InChI is InChI=1S/C25H29ClFN3O5/c1-14(31)22-12-23(30-29-22)24(32)28-19(10-17(13-35-2)25(33)34)9-15-3-5-16(6-4-15)20-11-18(26)7-8-21(20)27/h3-8,11,17,19,22-23,29-30H,9-10,12-13H2,1-2H3,(H,28,32)(H,33,34)/t17-,19+,22?,23?/m0/s1. The van der Waals surface area contributed by atoms with Crippen molar-refractivity contribution in [3.05, 3.63) is 58.9 Å². The second kappa shape index (κ2) is 12.2. The van der Waals surface area contributed by atoms with Crippen LogP contribution in [0.15, 0.2) is 42.5 Å². The smallest absolute Gasteiger partial charge is 0.308 e. The van der Waals surface area contributed by atoms with Crippen molar-refractivity contribution < 1.29 is 28.6 Å². The lowest BCUT2D eigenvalue weighted by Crippen LogP contribution is -2.48. The quantitative estimate of drug-likeness (QED) is 0.371. The number of benzene rings is 2. The Balaban J connectivity index is 1.75. The van der Waals surface area contributed by atoms with E-state index in [2.05, 4.69) is 16.2 Å². The zero-order chi connectivity index (χ0) is 25.5. The van der Waals surface area contributed by atoms with Crippen LogP contribution >= 0.6 is 11.6 Å². The van der Waals surface area contributed by atoms with Gasteiger partial charge in [0, 0.05) is 23.7 Å². The molecule has 2 aromatic rings. The van der Waals surface area contributed by atoms with E-state index in [0.717, 1.165) is 5.56 Å². The van der Waals surface area contributed by atoms with Gasteiger partial charge in [0.2, 0.25) is 5.91 Å². The number of Topliss-reactive ketones (excluding diaryl/α,β-unsaturated/α-hetero) is 1. The minimum absolute atomic E-state index is 0.00430. The van der Waals surface area contributed by atoms with Crippen molar-refractivity contribution in [3.8, 4) is 11.1 Å². The maximum Gasteiger partial charge on any atom is 0.308 e. The molecule has 0 spiro atoms. The number of carboxylic acid groups (broad SMARTS) is 1. The summed E-state index contributed by atoms with van der Waals surface area (Å²) in [5.74, 6) is -2.63. The van der Waals surface area contributed by atoms with E-state index in [1.807, 2.05) is 12.1 Å². The molecule has 1 aliphatic heterocycles. The van der Waals surface area contributed by atoms with Crippen molar-refractivity contribution in [2.75, 3.05) is 13.7 Å². The Bertz CT molecular complexity index is 1070. The maximum atomic E-state index is 14.2. The van der Waals surface area contributed by atoms with Gasteiger partial charge >= 0.3 is 5.97 Å². The van der Waals surface area contributed by atoms with E-state index in [9.17, 15) is 23.9 Å². The molecule has 3 rings (SSSR count). The van der Waals surface area contributed by atoms with Crippen LogP contribution in [0.1, 0.15) is 25.3 Å². The molecule has 0 bridgehead atoms. The third-order valence-electron chi connectivity index (χ3n) is 6.02. The fourth-order valence-corrected chi connectivity index (χ4v) is 4.27. The molecule has 0 aliphatic carbocycles. The number of nitrogens with one attached hydrogen (secondary N) is 3. The molecule has 8 nitrogen and oxygen atoms in total. The van der Waals surface area contributed by atoms with Crippen molar-refractivity contribution in [1.82, 2.24) is 16.2 Å². The van der Waals surface area contributed by atoms with Gasteiger partial charge in [-0.2, -0.15) is 0 Å². The molecule has 4 atom stereocenters. The van der Waals surface area contributed by atoms with Crippen LogP contribution in [0.4, 0.5) is 4.39 Å². The average Bonchev–Trinajstić information content (AvgIpc) is 3.32. The molecule has 1 saturated heterocycles. The number of ether oxygens (including phenoxy) is 1. The number of carboxylic acids is 1. The highest BCUT2D eigenvalue weighted by molar-refractivity contribution is 6.30. The molecule has 35 heavy (non-hydrogen) atoms. The Hall–Kier alpha value is -2.85. The number of hydrogen-bond donors (Lipinski definition) is 4. The van der Waals surface area contributed by atoms with Crippen LogP contribution in [0.5, 0.6) is 0 Å². The van der Waals surface area contributed by atoms with Gasteiger partial charge in [0.25, 0.3) is 0 Å². The average molecular weight is 506 g/mol. The lowest BCUT2D eigenvalue weighted by molar-refractivity contribution is -0.144. The lowest BCUT2D eigenvalue weighted by atomic mass is 9.93. The third-order valence-corrected chi connectivity index (χ3v) is 6.25. The van der Waals surface area contributed by atoms with E-state index >= 15 is 0 Å². The third kappa shape index (κ3) is 7.32. The highest BCUT2D eigenvalue weighted by Gasteiger charge is 2.33. The van der Waals surface area contributed by atoms with Gasteiger partial charge in [-0.05, 0) is 55.5 Å². The second-order valence-electron chi connectivity index (χ2n) is 8.70. The molecule has 188 valence electrons. The Labute approximate surface area is 208 Å². The first-order chi connectivity index (χ1) is 16.7. The number of carbonyl (C=O) groups is 3. The van der Waals surface area contributed by atoms with Crippen LogP contribution in [-0.4, -0.2) is 54.6 Å². The summed E-state index contributed by atoms with van der Waals surface area (Å²) in [7, 11) is 1.42. The molecule has 2 unspecified atom stereocenters. The molecule has 0 aromatic heterocycles. The van der Waals surface area contributed by atoms with Crippen molar-refractivity contribution in [1.29, 1.82) is 0 Å². The van der Waals surface area contributed by atoms with Crippen LogP contribution in [0.25, 0.3) is 11.1 Å². The van der Waals surface area contributed by atoms with Crippen molar-refractivity contribution in [2.24, 2.45) is 5.92 Å². The molecular weight excluding hydrogens is 477 g/mol. The van der Waals surface area contributed by atoms with Crippen LogP contribution < -0.4 is 16.2 Å². The molecule has 0 radical (unpaired) electrons. The monoisotopic (exact) mass is 505 g/mol. The first-order valence-corrected chi connectivity index (χ1v) is 11.6. The fourth-order valence-electron chi connectivity index (χ4n) is 4.10. The van der Waals surface area contributed by atoms with Gasteiger partial charge in [-0.3, -0.25) is 14.4 Å². The van der Waals surface area contributed by atoms with Crippen LogP contribution in [-0.2, 0) is 25.5 Å².